The van der Waals surface area contributed by atoms with E-state index in [1.54, 1.807) is 0 Å². The van der Waals surface area contributed by atoms with Gasteiger partial charge in [-0.25, -0.2) is 0 Å². The molecular weight excluding hydrogens is 348 g/mol. The third kappa shape index (κ3) is 14.8. The van der Waals surface area contributed by atoms with Gasteiger partial charge in [0.05, 0.1) is 0 Å². The highest BCUT2D eigenvalue weighted by Crippen LogP contribution is 2.32. The van der Waals surface area contributed by atoms with Gasteiger partial charge < -0.3 is 0 Å². The molecule has 0 saturated heterocycles. The molecule has 0 heterocycles. The van der Waals surface area contributed by atoms with E-state index >= 15 is 0 Å². The predicted octanol–water partition coefficient (Wildman–Crippen LogP) is 9.72. The molecular formula is C29H52. The van der Waals surface area contributed by atoms with Crippen LogP contribution in [0.1, 0.15) is 118 Å². The molecule has 0 nitrogen and oxygen atoms in total. The Morgan fingerprint density at radius 3 is 1.34 bits per heavy atom. The van der Waals surface area contributed by atoms with Gasteiger partial charge >= 0.3 is 0 Å². The second-order valence-corrected chi connectivity index (χ2v) is 11.0. The molecule has 0 heteroatoms. The first-order chi connectivity index (χ1) is 13.9. The molecule has 0 radical (unpaired) electrons. The van der Waals surface area contributed by atoms with Gasteiger partial charge in [-0.3, -0.25) is 0 Å². The summed E-state index contributed by atoms with van der Waals surface area (Å²) in [5.74, 6) is 4.89. The Bertz CT molecular complexity index is 440. The van der Waals surface area contributed by atoms with Gasteiger partial charge in [-0.1, -0.05) is 136 Å². The monoisotopic (exact) mass is 400 g/mol. The third-order valence-corrected chi connectivity index (χ3v) is 6.61. The van der Waals surface area contributed by atoms with Gasteiger partial charge in [-0.15, -0.1) is 0 Å². The summed E-state index contributed by atoms with van der Waals surface area (Å²) in [7, 11) is 0. The lowest BCUT2D eigenvalue weighted by Crippen LogP contribution is -2.11. The maximum Gasteiger partial charge on any atom is -0.0276 e. The Balaban J connectivity index is 0.000000219. The zero-order valence-corrected chi connectivity index (χ0v) is 20.8. The van der Waals surface area contributed by atoms with Crippen molar-refractivity contribution >= 4 is 0 Å². The van der Waals surface area contributed by atoms with Crippen LogP contribution in [-0.2, 0) is 6.42 Å². The van der Waals surface area contributed by atoms with Crippen molar-refractivity contribution in [3.63, 3.8) is 0 Å². The minimum Gasteiger partial charge on any atom is -0.0628 e. The van der Waals surface area contributed by atoms with Crippen molar-refractivity contribution in [2.24, 2.45) is 29.6 Å². The van der Waals surface area contributed by atoms with Crippen LogP contribution < -0.4 is 0 Å². The van der Waals surface area contributed by atoms with E-state index < -0.39 is 0 Å². The molecule has 0 N–H and O–H groups in total. The first kappa shape index (κ1) is 26.3. The summed E-state index contributed by atoms with van der Waals surface area (Å²) in [5, 5.41) is 0. The fourth-order valence-electron chi connectivity index (χ4n) is 3.80. The molecule has 2 saturated carbocycles. The highest BCUT2D eigenvalue weighted by Gasteiger charge is 2.17. The van der Waals surface area contributed by atoms with E-state index in [4.69, 9.17) is 0 Å². The van der Waals surface area contributed by atoms with Crippen molar-refractivity contribution in [3.8, 4) is 0 Å². The molecule has 1 aromatic carbocycles. The van der Waals surface area contributed by atoms with E-state index in [0.717, 1.165) is 29.6 Å². The van der Waals surface area contributed by atoms with E-state index in [9.17, 15) is 0 Å². The molecule has 0 bridgehead atoms. The summed E-state index contributed by atoms with van der Waals surface area (Å²) in [5.41, 5.74) is 1.46. The Morgan fingerprint density at radius 2 is 1.03 bits per heavy atom. The quantitative estimate of drug-likeness (QED) is 0.387. The van der Waals surface area contributed by atoms with Gasteiger partial charge in [0.25, 0.3) is 0 Å². The molecule has 0 aromatic heterocycles. The molecule has 0 amide bonds. The molecule has 29 heavy (non-hydrogen) atoms. The lowest BCUT2D eigenvalue weighted by molar-refractivity contribution is 0.277. The van der Waals surface area contributed by atoms with E-state index in [2.05, 4.69) is 71.9 Å². The lowest BCUT2D eigenvalue weighted by Gasteiger charge is -2.25. The second-order valence-electron chi connectivity index (χ2n) is 11.0. The van der Waals surface area contributed by atoms with Gasteiger partial charge in [-0.05, 0) is 48.0 Å². The summed E-state index contributed by atoms with van der Waals surface area (Å²) < 4.78 is 0. The molecule has 0 atom stereocenters. The number of hydrogen-bond donors (Lipinski definition) is 0. The molecule has 2 fully saturated rings. The minimum absolute atomic E-state index is 0.815. The Kier molecular flexibility index (Phi) is 14.5. The summed E-state index contributed by atoms with van der Waals surface area (Å²) in [6.45, 7) is 13.8. The number of hydrogen-bond acceptors (Lipinski definition) is 0. The van der Waals surface area contributed by atoms with Crippen LogP contribution in [0.3, 0.4) is 0 Å². The Hall–Kier alpha value is -0.780. The van der Waals surface area contributed by atoms with Crippen LogP contribution in [0.2, 0.25) is 0 Å². The van der Waals surface area contributed by atoms with Crippen LogP contribution >= 0.6 is 0 Å². The topological polar surface area (TPSA) is 0 Å². The first-order valence-corrected chi connectivity index (χ1v) is 12.9. The second kappa shape index (κ2) is 16.0. The molecule has 0 aliphatic heterocycles. The van der Waals surface area contributed by atoms with Gasteiger partial charge in [0.15, 0.2) is 0 Å². The van der Waals surface area contributed by atoms with Gasteiger partial charge in [-0.2, -0.15) is 0 Å². The zero-order valence-electron chi connectivity index (χ0n) is 20.8. The van der Waals surface area contributed by atoms with E-state index in [0.29, 0.717) is 0 Å². The van der Waals surface area contributed by atoms with Crippen molar-refractivity contribution in [1.29, 1.82) is 0 Å². The molecule has 0 unspecified atom stereocenters. The van der Waals surface area contributed by atoms with Gasteiger partial charge in [0.2, 0.25) is 0 Å². The molecule has 0 spiro atoms. The summed E-state index contributed by atoms with van der Waals surface area (Å²) in [4.78, 5) is 0. The fraction of sp³-hybridized carbons (Fsp3) is 0.793. The summed E-state index contributed by atoms with van der Waals surface area (Å²) >= 11 is 0. The largest absolute Gasteiger partial charge is 0.0628 e. The van der Waals surface area contributed by atoms with Crippen LogP contribution in [0.15, 0.2) is 30.3 Å². The standard InChI is InChI=1S/C11H16.2C9H18/c1-10(2)8-9-11-6-4-3-5-7-11;2*1-8(2)6-7-9-4-3-5-9/h3-7,10H,8-9H2,1-2H3;2*8-9H,3-7H2,1-2H3. The van der Waals surface area contributed by atoms with Crippen molar-refractivity contribution in [2.75, 3.05) is 0 Å². The average molecular weight is 401 g/mol. The van der Waals surface area contributed by atoms with E-state index in [-0.39, 0.29) is 0 Å². The molecule has 2 aliphatic rings. The summed E-state index contributed by atoms with van der Waals surface area (Å²) in [6, 6.07) is 10.7. The van der Waals surface area contributed by atoms with Crippen molar-refractivity contribution < 1.29 is 0 Å². The van der Waals surface area contributed by atoms with E-state index in [1.807, 2.05) is 0 Å². The number of benzene rings is 1. The Morgan fingerprint density at radius 1 is 0.621 bits per heavy atom. The smallest absolute Gasteiger partial charge is 0.0276 e. The fourth-order valence-corrected chi connectivity index (χ4v) is 3.80. The highest BCUT2D eigenvalue weighted by molar-refractivity contribution is 5.14. The van der Waals surface area contributed by atoms with Crippen LogP contribution in [0.25, 0.3) is 0 Å². The maximum atomic E-state index is 2.32. The average Bonchev–Trinajstić information content (AvgIpc) is 2.59. The van der Waals surface area contributed by atoms with Crippen molar-refractivity contribution in [3.05, 3.63) is 35.9 Å². The highest BCUT2D eigenvalue weighted by atomic mass is 14.2. The molecule has 1 aromatic rings. The van der Waals surface area contributed by atoms with Crippen LogP contribution in [-0.4, -0.2) is 0 Å². The SMILES string of the molecule is CC(C)CCC1CCC1.CC(C)CCC1CCC1.CC(C)CCc1ccccc1. The third-order valence-electron chi connectivity index (χ3n) is 6.61. The molecule has 168 valence electrons. The van der Waals surface area contributed by atoms with Crippen LogP contribution in [0, 0.1) is 29.6 Å². The molecule has 2 aliphatic carbocycles. The van der Waals surface area contributed by atoms with Gasteiger partial charge in [0, 0.05) is 0 Å². The maximum absolute atomic E-state index is 2.32. The predicted molar refractivity (Wildman–Crippen MR) is 132 cm³/mol. The Labute approximate surface area is 184 Å². The minimum atomic E-state index is 0.815. The zero-order chi connectivity index (χ0) is 21.5. The number of aryl methyl sites for hydroxylation is 1. The van der Waals surface area contributed by atoms with Crippen molar-refractivity contribution in [2.45, 2.75) is 119 Å². The van der Waals surface area contributed by atoms with Gasteiger partial charge in [0.1, 0.15) is 0 Å². The normalized spacial score (nSPS) is 16.6. The van der Waals surface area contributed by atoms with Crippen LogP contribution in [0.5, 0.6) is 0 Å². The lowest BCUT2D eigenvalue weighted by atomic mass is 9.81. The molecule has 3 rings (SSSR count). The van der Waals surface area contributed by atoms with Crippen molar-refractivity contribution in [1.82, 2.24) is 0 Å². The number of rotatable bonds is 9. The first-order valence-electron chi connectivity index (χ1n) is 12.9. The van der Waals surface area contributed by atoms with E-state index in [1.165, 1.54) is 82.6 Å². The van der Waals surface area contributed by atoms with Crippen LogP contribution in [0.4, 0.5) is 0 Å². The summed E-state index contributed by atoms with van der Waals surface area (Å²) in [6.07, 6.45) is 17.5.